The van der Waals surface area contributed by atoms with E-state index in [4.69, 9.17) is 9.94 Å². The lowest BCUT2D eigenvalue weighted by molar-refractivity contribution is -0.0736. The van der Waals surface area contributed by atoms with Crippen LogP contribution in [0.3, 0.4) is 0 Å². The Morgan fingerprint density at radius 2 is 2.23 bits per heavy atom. The number of nitrogens with zero attached hydrogens (tertiary/aromatic N) is 1. The highest BCUT2D eigenvalue weighted by molar-refractivity contribution is 5.34. The zero-order chi connectivity index (χ0) is 9.84. The van der Waals surface area contributed by atoms with Crippen LogP contribution in [0.1, 0.15) is 5.56 Å². The van der Waals surface area contributed by atoms with Crippen molar-refractivity contribution in [3.63, 3.8) is 0 Å². The van der Waals surface area contributed by atoms with Gasteiger partial charge in [0.15, 0.2) is 11.6 Å². The normalized spacial score (nSPS) is 10.5. The first kappa shape index (κ1) is 9.95. The third kappa shape index (κ3) is 2.40. The number of rotatable bonds is 3. The first-order valence-corrected chi connectivity index (χ1v) is 3.86. The number of methoxy groups -OCH3 is 1. The summed E-state index contributed by atoms with van der Waals surface area (Å²) in [6.07, 6.45) is 0. The van der Waals surface area contributed by atoms with Crippen molar-refractivity contribution in [2.45, 2.75) is 6.54 Å². The van der Waals surface area contributed by atoms with Gasteiger partial charge in [-0.05, 0) is 6.07 Å². The van der Waals surface area contributed by atoms with Crippen LogP contribution in [-0.2, 0) is 6.54 Å². The van der Waals surface area contributed by atoms with Crippen LogP contribution >= 0.6 is 0 Å². The molecule has 1 aromatic rings. The average molecular weight is 185 g/mol. The molecule has 0 bridgehead atoms. The van der Waals surface area contributed by atoms with Crippen molar-refractivity contribution in [3.8, 4) is 5.75 Å². The minimum atomic E-state index is -0.415. The number of para-hydroxylation sites is 1. The number of hydrogen-bond donors (Lipinski definition) is 1. The molecule has 0 aliphatic rings. The maximum Gasteiger partial charge on any atom is 0.165 e. The van der Waals surface area contributed by atoms with Gasteiger partial charge in [0, 0.05) is 12.6 Å². The minimum Gasteiger partial charge on any atom is -0.493 e. The fraction of sp³-hybridized carbons (Fsp3) is 0.333. The highest BCUT2D eigenvalue weighted by Crippen LogP contribution is 2.22. The number of hydrogen-bond acceptors (Lipinski definition) is 3. The summed E-state index contributed by atoms with van der Waals surface area (Å²) in [5.74, 6) is -0.231. The van der Waals surface area contributed by atoms with E-state index in [1.807, 2.05) is 0 Å². The van der Waals surface area contributed by atoms with Crippen molar-refractivity contribution in [1.82, 2.24) is 5.06 Å². The standard InChI is InChI=1S/C9H12FNO2/c1-11(12)6-7-4-3-5-8(10)9(7)13-2/h3-5,12H,6H2,1-2H3. The number of hydroxylamine groups is 2. The van der Waals surface area contributed by atoms with Gasteiger partial charge in [-0.25, -0.2) is 4.39 Å². The van der Waals surface area contributed by atoms with Crippen LogP contribution in [0, 0.1) is 5.82 Å². The molecule has 0 aromatic heterocycles. The maximum atomic E-state index is 13.1. The molecule has 1 N–H and O–H groups in total. The fourth-order valence-corrected chi connectivity index (χ4v) is 1.15. The van der Waals surface area contributed by atoms with Crippen LogP contribution in [0.4, 0.5) is 4.39 Å². The third-order valence-corrected chi connectivity index (χ3v) is 1.65. The maximum absolute atomic E-state index is 13.1. The van der Waals surface area contributed by atoms with Crippen molar-refractivity contribution in [2.24, 2.45) is 0 Å². The number of benzene rings is 1. The molecule has 0 unspecified atom stereocenters. The molecule has 1 rings (SSSR count). The first-order valence-electron chi connectivity index (χ1n) is 3.86. The topological polar surface area (TPSA) is 32.7 Å². The van der Waals surface area contributed by atoms with E-state index in [1.54, 1.807) is 12.1 Å². The molecule has 0 radical (unpaired) electrons. The van der Waals surface area contributed by atoms with Crippen LogP contribution < -0.4 is 4.74 Å². The lowest BCUT2D eigenvalue weighted by Gasteiger charge is -2.12. The van der Waals surface area contributed by atoms with Gasteiger partial charge < -0.3 is 9.94 Å². The van der Waals surface area contributed by atoms with Gasteiger partial charge in [-0.1, -0.05) is 12.1 Å². The molecule has 0 spiro atoms. The van der Waals surface area contributed by atoms with Gasteiger partial charge in [0.2, 0.25) is 0 Å². The van der Waals surface area contributed by atoms with Gasteiger partial charge in [0.1, 0.15) is 0 Å². The highest BCUT2D eigenvalue weighted by Gasteiger charge is 2.08. The molecule has 3 nitrogen and oxygen atoms in total. The zero-order valence-corrected chi connectivity index (χ0v) is 7.62. The molecule has 0 saturated carbocycles. The summed E-state index contributed by atoms with van der Waals surface area (Å²) < 4.78 is 17.9. The van der Waals surface area contributed by atoms with Crippen molar-refractivity contribution >= 4 is 0 Å². The minimum absolute atomic E-state index is 0.184. The van der Waals surface area contributed by atoms with Crippen LogP contribution in [0.25, 0.3) is 0 Å². The van der Waals surface area contributed by atoms with Crippen LogP contribution in [0.15, 0.2) is 18.2 Å². The van der Waals surface area contributed by atoms with Gasteiger partial charge in [-0.3, -0.25) is 0 Å². The summed E-state index contributed by atoms with van der Waals surface area (Å²) in [6, 6.07) is 4.60. The second kappa shape index (κ2) is 4.20. The predicted octanol–water partition coefficient (Wildman–Crippen LogP) is 1.66. The molecule has 0 aliphatic heterocycles. The largest absolute Gasteiger partial charge is 0.493 e. The molecular weight excluding hydrogens is 173 g/mol. The molecule has 0 fully saturated rings. The molecule has 0 aliphatic carbocycles. The van der Waals surface area contributed by atoms with E-state index < -0.39 is 5.82 Å². The molecule has 0 amide bonds. The molecule has 1 aromatic carbocycles. The number of ether oxygens (including phenoxy) is 1. The van der Waals surface area contributed by atoms with E-state index in [2.05, 4.69) is 0 Å². The quantitative estimate of drug-likeness (QED) is 0.727. The van der Waals surface area contributed by atoms with Gasteiger partial charge in [0.05, 0.1) is 13.7 Å². The smallest absolute Gasteiger partial charge is 0.165 e. The Morgan fingerprint density at radius 3 is 2.77 bits per heavy atom. The Labute approximate surface area is 76.3 Å². The van der Waals surface area contributed by atoms with E-state index in [1.165, 1.54) is 20.2 Å². The lowest BCUT2D eigenvalue weighted by Crippen LogP contribution is -2.12. The van der Waals surface area contributed by atoms with E-state index in [0.29, 0.717) is 5.56 Å². The van der Waals surface area contributed by atoms with Gasteiger partial charge in [0.25, 0.3) is 0 Å². The van der Waals surface area contributed by atoms with Crippen molar-refractivity contribution < 1.29 is 14.3 Å². The van der Waals surface area contributed by atoms with Crippen LogP contribution in [0.2, 0.25) is 0 Å². The van der Waals surface area contributed by atoms with Crippen molar-refractivity contribution in [2.75, 3.05) is 14.2 Å². The first-order chi connectivity index (χ1) is 6.15. The van der Waals surface area contributed by atoms with Crippen molar-refractivity contribution in [1.29, 1.82) is 0 Å². The summed E-state index contributed by atoms with van der Waals surface area (Å²) in [5.41, 5.74) is 0.618. The van der Waals surface area contributed by atoms with Crippen LogP contribution in [-0.4, -0.2) is 24.4 Å². The van der Waals surface area contributed by atoms with E-state index in [-0.39, 0.29) is 12.3 Å². The second-order valence-corrected chi connectivity index (χ2v) is 2.75. The molecule has 0 heterocycles. The van der Waals surface area contributed by atoms with Crippen LogP contribution in [0.5, 0.6) is 5.75 Å². The van der Waals surface area contributed by atoms with E-state index >= 15 is 0 Å². The third-order valence-electron chi connectivity index (χ3n) is 1.65. The highest BCUT2D eigenvalue weighted by atomic mass is 19.1. The Kier molecular flexibility index (Phi) is 3.22. The van der Waals surface area contributed by atoms with E-state index in [0.717, 1.165) is 5.06 Å². The monoisotopic (exact) mass is 185 g/mol. The number of halogens is 1. The summed E-state index contributed by atoms with van der Waals surface area (Å²) in [4.78, 5) is 0. The Morgan fingerprint density at radius 1 is 1.54 bits per heavy atom. The summed E-state index contributed by atoms with van der Waals surface area (Å²) >= 11 is 0. The average Bonchev–Trinajstić information content (AvgIpc) is 2.03. The zero-order valence-electron chi connectivity index (χ0n) is 7.62. The van der Waals surface area contributed by atoms with Gasteiger partial charge in [-0.2, -0.15) is 5.06 Å². The molecule has 0 atom stereocenters. The summed E-state index contributed by atoms with van der Waals surface area (Å²) in [7, 11) is 2.89. The SMILES string of the molecule is COc1c(F)cccc1CN(C)O. The van der Waals surface area contributed by atoms with Gasteiger partial charge >= 0.3 is 0 Å². The summed E-state index contributed by atoms with van der Waals surface area (Å²) in [6.45, 7) is 0.237. The Hall–Kier alpha value is -1.13. The van der Waals surface area contributed by atoms with E-state index in [9.17, 15) is 4.39 Å². The van der Waals surface area contributed by atoms with Crippen molar-refractivity contribution in [3.05, 3.63) is 29.6 Å². The molecular formula is C9H12FNO2. The molecule has 4 heteroatoms. The molecule has 72 valence electrons. The second-order valence-electron chi connectivity index (χ2n) is 2.75. The lowest BCUT2D eigenvalue weighted by atomic mass is 10.2. The molecule has 13 heavy (non-hydrogen) atoms. The summed E-state index contributed by atoms with van der Waals surface area (Å²) in [5, 5.41) is 9.94. The Bertz CT molecular complexity index is 289. The Balaban J connectivity index is 2.98. The molecule has 0 saturated heterocycles. The fourth-order valence-electron chi connectivity index (χ4n) is 1.15. The predicted molar refractivity (Wildman–Crippen MR) is 46.2 cm³/mol. The van der Waals surface area contributed by atoms with Gasteiger partial charge in [-0.15, -0.1) is 0 Å².